The molecule has 0 bridgehead atoms. The molecule has 0 aliphatic rings. The van der Waals surface area contributed by atoms with Crippen molar-refractivity contribution in [3.8, 4) is 0 Å². The SMILES string of the molecule is C=CC(=O)CNc1ccc(Cn2cc(Nc3ncc(SCc4ncc(C(C)(C)C)o4)s3)ccc2=O)cc1. The number of aromatic nitrogens is 3. The van der Waals surface area contributed by atoms with Crippen molar-refractivity contribution in [3.63, 3.8) is 0 Å². The fraction of sp³-hybridized carbons (Fsp3) is 0.259. The van der Waals surface area contributed by atoms with Gasteiger partial charge in [-0.25, -0.2) is 9.97 Å². The third kappa shape index (κ3) is 7.43. The molecule has 0 aliphatic heterocycles. The second kappa shape index (κ2) is 11.6. The zero-order chi connectivity index (χ0) is 26.4. The molecule has 4 rings (SSSR count). The molecule has 3 heterocycles. The van der Waals surface area contributed by atoms with Crippen molar-refractivity contribution >= 4 is 45.4 Å². The van der Waals surface area contributed by atoms with Crippen LogP contribution in [0.2, 0.25) is 0 Å². The van der Waals surface area contributed by atoms with E-state index < -0.39 is 0 Å². The van der Waals surface area contributed by atoms with E-state index in [9.17, 15) is 9.59 Å². The average Bonchev–Trinajstić information content (AvgIpc) is 3.54. The molecule has 1 aromatic carbocycles. The highest BCUT2D eigenvalue weighted by Crippen LogP contribution is 2.32. The van der Waals surface area contributed by atoms with Crippen LogP contribution in [-0.2, 0) is 22.5 Å². The van der Waals surface area contributed by atoms with Crippen molar-refractivity contribution in [2.75, 3.05) is 17.2 Å². The fourth-order valence-electron chi connectivity index (χ4n) is 3.28. The van der Waals surface area contributed by atoms with Gasteiger partial charge in [-0.3, -0.25) is 9.59 Å². The molecule has 0 atom stereocenters. The van der Waals surface area contributed by atoms with Crippen molar-refractivity contribution in [1.82, 2.24) is 14.5 Å². The first-order valence-electron chi connectivity index (χ1n) is 11.7. The summed E-state index contributed by atoms with van der Waals surface area (Å²) < 4.78 is 8.54. The first-order chi connectivity index (χ1) is 17.7. The molecule has 0 aliphatic carbocycles. The highest BCUT2D eigenvalue weighted by molar-refractivity contribution is 8.00. The van der Waals surface area contributed by atoms with E-state index in [0.29, 0.717) is 18.2 Å². The Morgan fingerprint density at radius 2 is 1.89 bits per heavy atom. The third-order valence-electron chi connectivity index (χ3n) is 5.35. The molecular weight excluding hydrogens is 506 g/mol. The molecule has 10 heteroatoms. The van der Waals surface area contributed by atoms with Crippen LogP contribution in [0.4, 0.5) is 16.5 Å². The molecular formula is C27H29N5O3S2. The van der Waals surface area contributed by atoms with E-state index in [1.165, 1.54) is 23.5 Å². The highest BCUT2D eigenvalue weighted by atomic mass is 32.2. The molecule has 4 aromatic rings. The Labute approximate surface area is 223 Å². The lowest BCUT2D eigenvalue weighted by Gasteiger charge is -2.12. The van der Waals surface area contributed by atoms with Gasteiger partial charge in [0.25, 0.3) is 5.56 Å². The second-order valence-corrected chi connectivity index (χ2v) is 11.7. The Bertz CT molecular complexity index is 1430. The van der Waals surface area contributed by atoms with Gasteiger partial charge in [-0.2, -0.15) is 0 Å². The number of thiazole rings is 1. The van der Waals surface area contributed by atoms with Crippen molar-refractivity contribution in [2.24, 2.45) is 0 Å². The van der Waals surface area contributed by atoms with E-state index in [-0.39, 0.29) is 23.3 Å². The summed E-state index contributed by atoms with van der Waals surface area (Å²) in [6.07, 6.45) is 6.69. The molecule has 2 N–H and O–H groups in total. The van der Waals surface area contributed by atoms with E-state index >= 15 is 0 Å². The zero-order valence-corrected chi connectivity index (χ0v) is 22.6. The lowest BCUT2D eigenvalue weighted by molar-refractivity contribution is -0.113. The molecule has 192 valence electrons. The predicted octanol–water partition coefficient (Wildman–Crippen LogP) is 5.84. The number of hydrogen-bond acceptors (Lipinski definition) is 9. The Hall–Kier alpha value is -3.63. The summed E-state index contributed by atoms with van der Waals surface area (Å²) in [4.78, 5) is 32.7. The van der Waals surface area contributed by atoms with E-state index in [1.54, 1.807) is 34.8 Å². The summed E-state index contributed by atoms with van der Waals surface area (Å²) in [5.74, 6) is 2.12. The number of benzene rings is 1. The number of thioether (sulfide) groups is 1. The van der Waals surface area contributed by atoms with Gasteiger partial charge in [0.15, 0.2) is 10.9 Å². The maximum Gasteiger partial charge on any atom is 0.250 e. The largest absolute Gasteiger partial charge is 0.444 e. The number of nitrogens with one attached hydrogen (secondary N) is 2. The van der Waals surface area contributed by atoms with Crippen LogP contribution in [-0.4, -0.2) is 26.9 Å². The summed E-state index contributed by atoms with van der Waals surface area (Å²) in [7, 11) is 0. The number of carbonyl (C=O) groups excluding carboxylic acids is 1. The van der Waals surface area contributed by atoms with Crippen LogP contribution in [0.5, 0.6) is 0 Å². The van der Waals surface area contributed by atoms with Crippen molar-refractivity contribution < 1.29 is 9.21 Å². The number of carbonyl (C=O) groups is 1. The Morgan fingerprint density at radius 1 is 1.14 bits per heavy atom. The summed E-state index contributed by atoms with van der Waals surface area (Å²) >= 11 is 3.15. The lowest BCUT2D eigenvalue weighted by Crippen LogP contribution is -2.19. The monoisotopic (exact) mass is 535 g/mol. The van der Waals surface area contributed by atoms with E-state index in [4.69, 9.17) is 4.42 Å². The van der Waals surface area contributed by atoms with Gasteiger partial charge in [0.2, 0.25) is 5.89 Å². The summed E-state index contributed by atoms with van der Waals surface area (Å²) in [6, 6.07) is 10.9. The molecule has 0 amide bonds. The van der Waals surface area contributed by atoms with Gasteiger partial charge < -0.3 is 19.6 Å². The standard InChI is InChI=1S/C27H29N5O3S2/c1-5-21(33)12-28-19-8-6-18(7-9-19)15-32-16-20(10-11-24(32)34)31-26-30-14-25(37-26)36-17-23-29-13-22(35-23)27(2,3)4/h5-11,13-14,16,28H,1,12,15,17H2,2-4H3,(H,30,31). The molecule has 0 saturated carbocycles. The lowest BCUT2D eigenvalue weighted by atomic mass is 9.94. The van der Waals surface area contributed by atoms with Crippen LogP contribution in [0.15, 0.2) is 81.1 Å². The molecule has 0 radical (unpaired) electrons. The number of anilines is 3. The molecule has 0 saturated heterocycles. The minimum absolute atomic E-state index is 0.0679. The van der Waals surface area contributed by atoms with Crippen molar-refractivity contribution in [1.29, 1.82) is 0 Å². The Morgan fingerprint density at radius 3 is 2.59 bits per heavy atom. The van der Waals surface area contributed by atoms with Crippen LogP contribution in [0.1, 0.15) is 38.0 Å². The molecule has 37 heavy (non-hydrogen) atoms. The maximum absolute atomic E-state index is 12.4. The van der Waals surface area contributed by atoms with Crippen LogP contribution < -0.4 is 16.2 Å². The molecule has 3 aromatic heterocycles. The van der Waals surface area contributed by atoms with Gasteiger partial charge in [0.1, 0.15) is 5.76 Å². The minimum Gasteiger partial charge on any atom is -0.444 e. The number of nitrogens with zero attached hydrogens (tertiary/aromatic N) is 3. The summed E-state index contributed by atoms with van der Waals surface area (Å²) in [6.45, 7) is 10.4. The van der Waals surface area contributed by atoms with Crippen LogP contribution in [0.3, 0.4) is 0 Å². The predicted molar refractivity (Wildman–Crippen MR) is 150 cm³/mol. The molecule has 0 spiro atoms. The number of oxazole rings is 1. The maximum atomic E-state index is 12.4. The quantitative estimate of drug-likeness (QED) is 0.182. The van der Waals surface area contributed by atoms with Crippen molar-refractivity contribution in [3.05, 3.63) is 95.2 Å². The zero-order valence-electron chi connectivity index (χ0n) is 21.0. The summed E-state index contributed by atoms with van der Waals surface area (Å²) in [5, 5.41) is 7.07. The van der Waals surface area contributed by atoms with Crippen molar-refractivity contribution in [2.45, 2.75) is 42.7 Å². The normalized spacial score (nSPS) is 11.3. The number of hydrogen-bond donors (Lipinski definition) is 2. The van der Waals surface area contributed by atoms with Crippen LogP contribution in [0.25, 0.3) is 0 Å². The minimum atomic E-state index is -0.0970. The van der Waals surface area contributed by atoms with Crippen LogP contribution in [0, 0.1) is 0 Å². The van der Waals surface area contributed by atoms with Gasteiger partial charge in [0.05, 0.1) is 41.1 Å². The second-order valence-electron chi connectivity index (χ2n) is 9.37. The molecule has 0 unspecified atom stereocenters. The smallest absolute Gasteiger partial charge is 0.250 e. The topological polar surface area (TPSA) is 102 Å². The number of rotatable bonds is 11. The Balaban J connectivity index is 1.35. The average molecular weight is 536 g/mol. The van der Waals surface area contributed by atoms with E-state index in [1.807, 2.05) is 30.5 Å². The van der Waals surface area contributed by atoms with Gasteiger partial charge in [0, 0.05) is 23.4 Å². The summed E-state index contributed by atoms with van der Waals surface area (Å²) in [5.41, 5.74) is 2.40. The Kier molecular flexibility index (Phi) is 8.30. The van der Waals surface area contributed by atoms with Crippen LogP contribution >= 0.6 is 23.1 Å². The van der Waals surface area contributed by atoms with Gasteiger partial charge in [-0.15, -0.1) is 11.8 Å². The highest BCUT2D eigenvalue weighted by Gasteiger charge is 2.19. The van der Waals surface area contributed by atoms with E-state index in [0.717, 1.165) is 32.0 Å². The third-order valence-corrected chi connectivity index (χ3v) is 7.44. The van der Waals surface area contributed by atoms with E-state index in [2.05, 4.69) is 48.0 Å². The van der Waals surface area contributed by atoms with Gasteiger partial charge in [-0.1, -0.05) is 50.8 Å². The fourth-order valence-corrected chi connectivity index (χ4v) is 5.02. The first-order valence-corrected chi connectivity index (χ1v) is 13.5. The molecule has 0 fully saturated rings. The number of pyridine rings is 1. The first kappa shape index (κ1) is 26.4. The van der Waals surface area contributed by atoms with Gasteiger partial charge in [-0.05, 0) is 29.8 Å². The molecule has 8 nitrogen and oxygen atoms in total. The van der Waals surface area contributed by atoms with Gasteiger partial charge >= 0.3 is 0 Å². The number of ketones is 1.